The van der Waals surface area contributed by atoms with Gasteiger partial charge in [0.2, 0.25) is 5.91 Å². The molecular weight excluding hydrogens is 230 g/mol. The number of carbonyl (C=O) groups excluding carboxylic acids is 1. The van der Waals surface area contributed by atoms with E-state index in [1.807, 2.05) is 30.3 Å². The molecule has 0 amide bonds. The number of benzene rings is 2. The first kappa shape index (κ1) is 10.8. The zero-order valence-electron chi connectivity index (χ0n) is 9.84. The van der Waals surface area contributed by atoms with Crippen molar-refractivity contribution in [1.29, 1.82) is 0 Å². The summed E-state index contributed by atoms with van der Waals surface area (Å²) in [6.07, 6.45) is 0.265. The maximum atomic E-state index is 11.7. The Morgan fingerprint density at radius 3 is 2.56 bits per heavy atom. The summed E-state index contributed by atoms with van der Waals surface area (Å²) >= 11 is 0. The van der Waals surface area contributed by atoms with E-state index in [-0.39, 0.29) is 12.3 Å². The highest BCUT2D eigenvalue weighted by Crippen LogP contribution is 2.22. The van der Waals surface area contributed by atoms with Crippen molar-refractivity contribution in [3.63, 3.8) is 0 Å². The van der Waals surface area contributed by atoms with E-state index in [4.69, 9.17) is 4.42 Å². The van der Waals surface area contributed by atoms with Gasteiger partial charge in [0, 0.05) is 6.42 Å². The van der Waals surface area contributed by atoms with Crippen molar-refractivity contribution in [3.05, 3.63) is 46.9 Å². The molecule has 0 spiro atoms. The van der Waals surface area contributed by atoms with Gasteiger partial charge in [-0.25, -0.2) is 9.36 Å². The molecule has 0 unspecified atom stereocenters. The van der Waals surface area contributed by atoms with Crippen LogP contribution < -0.4 is 5.76 Å². The maximum absolute atomic E-state index is 11.7. The lowest BCUT2D eigenvalue weighted by Crippen LogP contribution is -2.21. The number of carbonyl (C=O) groups is 1. The average Bonchev–Trinajstić information content (AvgIpc) is 2.70. The van der Waals surface area contributed by atoms with E-state index >= 15 is 0 Å². The monoisotopic (exact) mass is 241 g/mol. The van der Waals surface area contributed by atoms with Crippen LogP contribution in [0, 0.1) is 0 Å². The van der Waals surface area contributed by atoms with Gasteiger partial charge >= 0.3 is 5.76 Å². The molecule has 0 aliphatic heterocycles. The zero-order valence-corrected chi connectivity index (χ0v) is 9.84. The van der Waals surface area contributed by atoms with E-state index in [2.05, 4.69) is 0 Å². The van der Waals surface area contributed by atoms with E-state index in [0.717, 1.165) is 15.3 Å². The van der Waals surface area contributed by atoms with Gasteiger partial charge in [-0.2, -0.15) is 0 Å². The van der Waals surface area contributed by atoms with Crippen molar-refractivity contribution in [2.75, 3.05) is 0 Å². The fourth-order valence-corrected chi connectivity index (χ4v) is 2.10. The summed E-state index contributed by atoms with van der Waals surface area (Å²) in [5.74, 6) is -0.874. The van der Waals surface area contributed by atoms with Gasteiger partial charge < -0.3 is 4.42 Å². The topological polar surface area (TPSA) is 52.2 Å². The van der Waals surface area contributed by atoms with Crippen molar-refractivity contribution in [1.82, 2.24) is 4.57 Å². The van der Waals surface area contributed by atoms with Crippen LogP contribution in [-0.4, -0.2) is 10.5 Å². The number of hydrogen-bond donors (Lipinski definition) is 0. The summed E-state index contributed by atoms with van der Waals surface area (Å²) in [5.41, 5.74) is 0.978. The number of oxazole rings is 1. The predicted octanol–water partition coefficient (Wildman–Crippen LogP) is 2.80. The summed E-state index contributed by atoms with van der Waals surface area (Å²) in [4.78, 5) is 23.4. The molecule has 1 aromatic heterocycles. The van der Waals surface area contributed by atoms with E-state index in [9.17, 15) is 9.59 Å². The number of aromatic nitrogens is 1. The lowest BCUT2D eigenvalue weighted by atomic mass is 10.1. The third-order valence-electron chi connectivity index (χ3n) is 3.00. The molecule has 0 atom stereocenters. The number of hydrogen-bond acceptors (Lipinski definition) is 3. The first-order valence-corrected chi connectivity index (χ1v) is 5.78. The van der Waals surface area contributed by atoms with Gasteiger partial charge in [0.1, 0.15) is 0 Å². The molecule has 3 rings (SSSR count). The third-order valence-corrected chi connectivity index (χ3v) is 3.00. The molecule has 4 nitrogen and oxygen atoms in total. The highest BCUT2D eigenvalue weighted by molar-refractivity contribution is 5.98. The zero-order chi connectivity index (χ0) is 12.7. The fourth-order valence-electron chi connectivity index (χ4n) is 2.10. The molecule has 0 bridgehead atoms. The second kappa shape index (κ2) is 3.84. The van der Waals surface area contributed by atoms with Gasteiger partial charge in [-0.3, -0.25) is 4.79 Å². The quantitative estimate of drug-likeness (QED) is 0.658. The maximum Gasteiger partial charge on any atom is 0.426 e. The van der Waals surface area contributed by atoms with Crippen LogP contribution in [0.3, 0.4) is 0 Å². The normalized spacial score (nSPS) is 11.2. The van der Waals surface area contributed by atoms with Crippen LogP contribution >= 0.6 is 0 Å². The van der Waals surface area contributed by atoms with Crippen LogP contribution in [0.1, 0.15) is 18.1 Å². The molecule has 3 aromatic rings. The Labute approximate surface area is 102 Å². The lowest BCUT2D eigenvalue weighted by Gasteiger charge is -1.99. The summed E-state index contributed by atoms with van der Waals surface area (Å²) in [6, 6.07) is 11.3. The van der Waals surface area contributed by atoms with Crippen molar-refractivity contribution < 1.29 is 9.21 Å². The molecule has 0 fully saturated rings. The summed E-state index contributed by atoms with van der Waals surface area (Å²) in [6.45, 7) is 1.72. The van der Waals surface area contributed by atoms with Gasteiger partial charge in [-0.05, 0) is 22.9 Å². The third kappa shape index (κ3) is 1.46. The SMILES string of the molecule is CCC(=O)n1c(=O)oc2cc3ccccc3cc21. The largest absolute Gasteiger partial charge is 0.426 e. The Hall–Kier alpha value is -2.36. The molecule has 0 radical (unpaired) electrons. The molecule has 1 heterocycles. The first-order valence-electron chi connectivity index (χ1n) is 5.78. The molecule has 4 heteroatoms. The first-order chi connectivity index (χ1) is 8.70. The van der Waals surface area contributed by atoms with Crippen molar-refractivity contribution in [2.45, 2.75) is 13.3 Å². The standard InChI is InChI=1S/C14H11NO3/c1-2-13(16)15-11-7-9-5-3-4-6-10(9)8-12(11)18-14(15)17/h3-8H,2H2,1H3. The molecule has 0 saturated carbocycles. The Bertz CT molecular complexity index is 811. The Morgan fingerprint density at radius 2 is 1.89 bits per heavy atom. The van der Waals surface area contributed by atoms with Gasteiger partial charge in [-0.1, -0.05) is 31.2 Å². The van der Waals surface area contributed by atoms with E-state index in [1.165, 1.54) is 0 Å². The van der Waals surface area contributed by atoms with Crippen molar-refractivity contribution in [2.24, 2.45) is 0 Å². The minimum absolute atomic E-state index is 0.256. The molecule has 2 aromatic carbocycles. The second-order valence-electron chi connectivity index (χ2n) is 4.12. The van der Waals surface area contributed by atoms with Crippen LogP contribution in [0.15, 0.2) is 45.6 Å². The van der Waals surface area contributed by atoms with Crippen LogP contribution in [0.2, 0.25) is 0 Å². The number of nitrogens with zero attached hydrogens (tertiary/aromatic N) is 1. The molecule has 0 aliphatic carbocycles. The molecule has 18 heavy (non-hydrogen) atoms. The van der Waals surface area contributed by atoms with Crippen LogP contribution in [0.4, 0.5) is 0 Å². The second-order valence-corrected chi connectivity index (χ2v) is 4.12. The van der Waals surface area contributed by atoms with Gasteiger partial charge in [0.05, 0.1) is 5.52 Å². The van der Waals surface area contributed by atoms with Gasteiger partial charge in [0.15, 0.2) is 5.58 Å². The molecule has 90 valence electrons. The van der Waals surface area contributed by atoms with Crippen molar-refractivity contribution in [3.8, 4) is 0 Å². The van der Waals surface area contributed by atoms with Crippen molar-refractivity contribution >= 4 is 27.8 Å². The minimum atomic E-state index is -0.618. The van der Waals surface area contributed by atoms with Crippen LogP contribution in [-0.2, 0) is 0 Å². The van der Waals surface area contributed by atoms with Gasteiger partial charge in [0.25, 0.3) is 0 Å². The smallest absolute Gasteiger partial charge is 0.407 e. The molecule has 0 N–H and O–H groups in total. The predicted molar refractivity (Wildman–Crippen MR) is 68.9 cm³/mol. The van der Waals surface area contributed by atoms with E-state index < -0.39 is 5.76 Å². The minimum Gasteiger partial charge on any atom is -0.407 e. The Morgan fingerprint density at radius 1 is 1.22 bits per heavy atom. The number of rotatable bonds is 1. The average molecular weight is 241 g/mol. The highest BCUT2D eigenvalue weighted by atomic mass is 16.4. The van der Waals surface area contributed by atoms with E-state index in [0.29, 0.717) is 11.1 Å². The fraction of sp³-hybridized carbons (Fsp3) is 0.143. The van der Waals surface area contributed by atoms with Crippen LogP contribution in [0.5, 0.6) is 0 Å². The van der Waals surface area contributed by atoms with E-state index in [1.54, 1.807) is 13.0 Å². The lowest BCUT2D eigenvalue weighted by molar-refractivity contribution is 0.0905. The summed E-state index contributed by atoms with van der Waals surface area (Å²) < 4.78 is 6.22. The highest BCUT2D eigenvalue weighted by Gasteiger charge is 2.14. The Kier molecular flexibility index (Phi) is 2.30. The van der Waals surface area contributed by atoms with Gasteiger partial charge in [-0.15, -0.1) is 0 Å². The summed E-state index contributed by atoms with van der Waals surface area (Å²) in [7, 11) is 0. The number of fused-ring (bicyclic) bond motifs is 2. The molecule has 0 saturated heterocycles. The Balaban J connectivity index is 2.44. The molecular formula is C14H11NO3. The van der Waals surface area contributed by atoms with Crippen LogP contribution in [0.25, 0.3) is 21.9 Å². The molecule has 0 aliphatic rings. The summed E-state index contributed by atoms with van der Waals surface area (Å²) in [5, 5.41) is 1.96.